The number of thioether (sulfide) groups is 4. The van der Waals surface area contributed by atoms with Gasteiger partial charge in [-0.3, -0.25) is 0 Å². The van der Waals surface area contributed by atoms with Crippen LogP contribution in [0, 0.1) is 0 Å². The molecule has 41 heavy (non-hydrogen) atoms. The van der Waals surface area contributed by atoms with Crippen LogP contribution in [0.15, 0.2) is 29.4 Å². The van der Waals surface area contributed by atoms with Crippen LogP contribution < -0.4 is 0 Å². The Labute approximate surface area is 266 Å². The van der Waals surface area contributed by atoms with E-state index in [1.165, 1.54) is 53.9 Å². The maximum atomic E-state index is 11.6. The fraction of sp³-hybridized carbons (Fsp3) is 0.808. The Kier molecular flexibility index (Phi) is 35.4. The summed E-state index contributed by atoms with van der Waals surface area (Å²) in [6.07, 6.45) is 5.45. The summed E-state index contributed by atoms with van der Waals surface area (Å²) in [5.74, 6) is 5.58. The highest BCUT2D eigenvalue weighted by molar-refractivity contribution is 8.02. The van der Waals surface area contributed by atoms with E-state index >= 15 is 0 Å². The maximum Gasteiger partial charge on any atom is 0.151 e. The average molecular weight is 700 g/mol. The van der Waals surface area contributed by atoms with Crippen molar-refractivity contribution in [2.45, 2.75) is 57.6 Å². The summed E-state index contributed by atoms with van der Waals surface area (Å²) >= 11 is 6.24. The van der Waals surface area contributed by atoms with Gasteiger partial charge in [-0.05, 0) is 37.1 Å². The Bertz CT molecular complexity index is 877. The van der Waals surface area contributed by atoms with Gasteiger partial charge in [-0.2, -0.15) is 35.3 Å². The number of hydrogen-bond acceptors (Lipinski definition) is 12. The van der Waals surface area contributed by atoms with E-state index in [9.17, 15) is 21.9 Å². The van der Waals surface area contributed by atoms with E-state index in [1.54, 1.807) is 0 Å². The number of pyridine rings is 1. The molecular formula is C26H53NO8S6. The Morgan fingerprint density at radius 3 is 1.73 bits per heavy atom. The van der Waals surface area contributed by atoms with E-state index < -0.39 is 19.7 Å². The van der Waals surface area contributed by atoms with Crippen molar-refractivity contribution in [2.24, 2.45) is 0 Å². The molecule has 1 atom stereocenters. The summed E-state index contributed by atoms with van der Waals surface area (Å²) in [6.45, 7) is 6.19. The molecule has 0 aliphatic rings. The number of hydrogen-bond donors (Lipinski definition) is 3. The molecule has 1 rings (SSSR count). The van der Waals surface area contributed by atoms with E-state index in [2.05, 4.69) is 18.0 Å². The lowest BCUT2D eigenvalue weighted by Gasteiger charge is -2.07. The van der Waals surface area contributed by atoms with Crippen LogP contribution in [0.3, 0.4) is 0 Å². The standard InChI is InChI=1S/C10H22O4S3.C9H13NS.C7H16O3S2.H2O/c1-2-10(12)9-16-6-8-17(13,14)7-5-15-4-3-11;1-2-3-8-11-9-6-4-5-7-10-9;1-2-6-12(9,10)7-5-11-4-3-8;/h10-12H,2-9H2,1H3;4-7H,2-3,8H2,1H3;8H,2-7H2,1H3;1H2. The van der Waals surface area contributed by atoms with Crippen molar-refractivity contribution in [1.29, 1.82) is 0 Å². The number of aliphatic hydroxyl groups excluding tert-OH is 3. The summed E-state index contributed by atoms with van der Waals surface area (Å²) < 4.78 is 45.3. The summed E-state index contributed by atoms with van der Waals surface area (Å²) in [5.41, 5.74) is 0. The summed E-state index contributed by atoms with van der Waals surface area (Å²) in [7, 11) is -5.79. The number of sulfone groups is 2. The fourth-order valence-electron chi connectivity index (χ4n) is 2.50. The highest BCUT2D eigenvalue weighted by Gasteiger charge is 2.11. The lowest BCUT2D eigenvalue weighted by molar-refractivity contribution is 0.195. The minimum Gasteiger partial charge on any atom is -0.412 e. The molecule has 0 radical (unpaired) electrons. The minimum absolute atomic E-state index is 0. The minimum atomic E-state index is -2.97. The van der Waals surface area contributed by atoms with Crippen molar-refractivity contribution in [3.8, 4) is 0 Å². The van der Waals surface area contributed by atoms with E-state index in [0.29, 0.717) is 47.4 Å². The monoisotopic (exact) mass is 699 g/mol. The van der Waals surface area contributed by atoms with Crippen molar-refractivity contribution < 1.29 is 37.6 Å². The first kappa shape index (κ1) is 45.7. The van der Waals surface area contributed by atoms with E-state index in [0.717, 1.165) is 5.03 Å². The van der Waals surface area contributed by atoms with Crippen molar-refractivity contribution in [1.82, 2.24) is 4.98 Å². The van der Waals surface area contributed by atoms with Crippen LogP contribution in [0.25, 0.3) is 0 Å². The van der Waals surface area contributed by atoms with Crippen LogP contribution in [0.4, 0.5) is 0 Å². The molecule has 9 nitrogen and oxygen atoms in total. The second-order valence-corrected chi connectivity index (χ2v) is 17.8. The summed E-state index contributed by atoms with van der Waals surface area (Å²) in [5, 5.41) is 27.4. The van der Waals surface area contributed by atoms with Crippen LogP contribution >= 0.6 is 47.0 Å². The largest absolute Gasteiger partial charge is 0.412 e. The first-order valence-corrected chi connectivity index (χ1v) is 21.7. The molecule has 246 valence electrons. The highest BCUT2D eigenvalue weighted by Crippen LogP contribution is 2.15. The molecule has 5 N–H and O–H groups in total. The number of unbranched alkanes of at least 4 members (excludes halogenated alkanes) is 1. The van der Waals surface area contributed by atoms with Gasteiger partial charge in [-0.25, -0.2) is 21.8 Å². The van der Waals surface area contributed by atoms with Crippen LogP contribution in [-0.4, -0.2) is 125 Å². The number of rotatable bonds is 22. The zero-order chi connectivity index (χ0) is 30.5. The summed E-state index contributed by atoms with van der Waals surface area (Å²) in [6, 6.07) is 6.03. The molecule has 1 aromatic heterocycles. The second kappa shape index (κ2) is 31.7. The predicted molar refractivity (Wildman–Crippen MR) is 184 cm³/mol. The lowest BCUT2D eigenvalue weighted by Crippen LogP contribution is -2.16. The van der Waals surface area contributed by atoms with Gasteiger partial charge in [0, 0.05) is 46.5 Å². The molecule has 15 heteroatoms. The molecule has 0 aliphatic heterocycles. The third-order valence-corrected chi connectivity index (χ3v) is 13.1. The van der Waals surface area contributed by atoms with E-state index in [4.69, 9.17) is 10.2 Å². The molecule has 0 fully saturated rings. The molecule has 1 aromatic rings. The molecule has 1 heterocycles. The Hall–Kier alpha value is 0.290. The second-order valence-electron chi connectivity index (χ2n) is 8.48. The van der Waals surface area contributed by atoms with E-state index in [-0.39, 0.29) is 47.8 Å². The fourth-order valence-corrected chi connectivity index (χ4v) is 10.3. The molecular weight excluding hydrogens is 647 g/mol. The van der Waals surface area contributed by atoms with Crippen molar-refractivity contribution in [3.63, 3.8) is 0 Å². The van der Waals surface area contributed by atoms with Crippen LogP contribution in [-0.2, 0) is 19.7 Å². The molecule has 0 saturated carbocycles. The zero-order valence-electron chi connectivity index (χ0n) is 24.8. The topological polar surface area (TPSA) is 173 Å². The van der Waals surface area contributed by atoms with E-state index in [1.807, 2.05) is 43.9 Å². The predicted octanol–water partition coefficient (Wildman–Crippen LogP) is 3.32. The SMILES string of the molecule is CCC(O)CSCCS(=O)(=O)CCSCCO.CCCCSc1ccccn1.CCCS(=O)(=O)CCSCCO.O. The lowest BCUT2D eigenvalue weighted by atomic mass is 10.3. The van der Waals surface area contributed by atoms with Crippen LogP contribution in [0.2, 0.25) is 0 Å². The highest BCUT2D eigenvalue weighted by atomic mass is 32.2. The van der Waals surface area contributed by atoms with Gasteiger partial charge in [0.25, 0.3) is 0 Å². The molecule has 0 saturated heterocycles. The Morgan fingerprint density at radius 1 is 0.756 bits per heavy atom. The third-order valence-electron chi connectivity index (χ3n) is 4.77. The van der Waals surface area contributed by atoms with Gasteiger partial charge in [0.1, 0.15) is 0 Å². The molecule has 0 bridgehead atoms. The maximum absolute atomic E-state index is 11.6. The first-order valence-electron chi connectivity index (χ1n) is 13.6. The zero-order valence-corrected chi connectivity index (χ0v) is 29.7. The van der Waals surface area contributed by atoms with Crippen LogP contribution in [0.1, 0.15) is 46.5 Å². The van der Waals surface area contributed by atoms with Gasteiger partial charge in [0.15, 0.2) is 19.7 Å². The average Bonchev–Trinajstić information content (AvgIpc) is 2.93. The van der Waals surface area contributed by atoms with Crippen molar-refractivity contribution in [2.75, 3.05) is 76.5 Å². The summed E-state index contributed by atoms with van der Waals surface area (Å²) in [4.78, 5) is 4.21. The van der Waals surface area contributed by atoms with Gasteiger partial charge in [-0.1, -0.05) is 33.3 Å². The molecule has 0 amide bonds. The van der Waals surface area contributed by atoms with Crippen molar-refractivity contribution >= 4 is 66.7 Å². The molecule has 0 spiro atoms. The van der Waals surface area contributed by atoms with Gasteiger partial charge in [0.2, 0.25) is 0 Å². The Balaban J connectivity index is -0.000000537. The first-order chi connectivity index (χ1) is 19.1. The Morgan fingerprint density at radius 2 is 1.29 bits per heavy atom. The number of aromatic nitrogens is 1. The molecule has 0 aliphatic carbocycles. The van der Waals surface area contributed by atoms with Crippen molar-refractivity contribution in [3.05, 3.63) is 24.4 Å². The molecule has 0 aromatic carbocycles. The third kappa shape index (κ3) is 34.6. The molecule has 1 unspecified atom stereocenters. The van der Waals surface area contributed by atoms with Gasteiger partial charge >= 0.3 is 0 Å². The van der Waals surface area contributed by atoms with Crippen LogP contribution in [0.5, 0.6) is 0 Å². The van der Waals surface area contributed by atoms with Gasteiger partial charge in [0.05, 0.1) is 41.6 Å². The normalized spacial score (nSPS) is 11.9. The number of nitrogens with zero attached hydrogens (tertiary/aromatic N) is 1. The van der Waals surface area contributed by atoms with Gasteiger partial charge in [-0.15, -0.1) is 11.8 Å². The van der Waals surface area contributed by atoms with Gasteiger partial charge < -0.3 is 20.8 Å². The quantitative estimate of drug-likeness (QED) is 0.119. The number of aliphatic hydroxyl groups is 3. The smallest absolute Gasteiger partial charge is 0.151 e.